The lowest BCUT2D eigenvalue weighted by molar-refractivity contribution is 0.386. The van der Waals surface area contributed by atoms with Gasteiger partial charge in [0, 0.05) is 28.6 Å². The number of halogens is 1. The minimum atomic E-state index is -0.397. The van der Waals surface area contributed by atoms with Crippen LogP contribution in [0.4, 0.5) is 4.39 Å². The van der Waals surface area contributed by atoms with Crippen molar-refractivity contribution in [1.82, 2.24) is 9.55 Å². The molecule has 3 aromatic heterocycles. The molecule has 0 N–H and O–H groups in total. The molecule has 0 saturated carbocycles. The van der Waals surface area contributed by atoms with Crippen LogP contribution in [-0.4, -0.2) is 16.7 Å². The number of methoxy groups -OCH3 is 1. The molecular weight excluding hydrogens is 403 g/mol. The van der Waals surface area contributed by atoms with Gasteiger partial charge >= 0.3 is 0 Å². The van der Waals surface area contributed by atoms with Gasteiger partial charge in [0.15, 0.2) is 16.7 Å². The molecule has 0 fully saturated rings. The topological polar surface area (TPSA) is 44.1 Å². The van der Waals surface area contributed by atoms with E-state index in [4.69, 9.17) is 4.74 Å². The fourth-order valence-electron chi connectivity index (χ4n) is 2.74. The van der Waals surface area contributed by atoms with Crippen molar-refractivity contribution in [2.45, 2.75) is 10.9 Å². The Labute approximate surface area is 167 Å². The number of thioether (sulfide) groups is 1. The molecule has 0 aliphatic rings. The molecule has 0 radical (unpaired) electrons. The van der Waals surface area contributed by atoms with Crippen molar-refractivity contribution in [3.8, 4) is 16.2 Å². The summed E-state index contributed by atoms with van der Waals surface area (Å²) in [5, 5.41) is 5.25. The molecule has 138 valence electrons. The van der Waals surface area contributed by atoms with Crippen molar-refractivity contribution in [2.24, 2.45) is 7.05 Å². The molecular formula is C19H15FN2O2S3. The summed E-state index contributed by atoms with van der Waals surface area (Å²) in [7, 11) is 3.16. The van der Waals surface area contributed by atoms with E-state index in [2.05, 4.69) is 4.98 Å². The van der Waals surface area contributed by atoms with Gasteiger partial charge in [-0.15, -0.1) is 22.7 Å². The molecule has 0 amide bonds. The van der Waals surface area contributed by atoms with Gasteiger partial charge in [-0.05, 0) is 29.1 Å². The predicted octanol–water partition coefficient (Wildman–Crippen LogP) is 5.16. The van der Waals surface area contributed by atoms with Crippen LogP contribution in [0.2, 0.25) is 0 Å². The van der Waals surface area contributed by atoms with Crippen LogP contribution in [0.25, 0.3) is 20.7 Å². The van der Waals surface area contributed by atoms with Crippen LogP contribution in [0, 0.1) is 5.82 Å². The van der Waals surface area contributed by atoms with Crippen molar-refractivity contribution < 1.29 is 9.13 Å². The lowest BCUT2D eigenvalue weighted by atomic mass is 10.2. The molecule has 0 saturated heterocycles. The molecule has 4 rings (SSSR count). The Bertz CT molecular complexity index is 1170. The molecule has 4 nitrogen and oxygen atoms in total. The van der Waals surface area contributed by atoms with Gasteiger partial charge in [-0.3, -0.25) is 9.36 Å². The van der Waals surface area contributed by atoms with Crippen LogP contribution in [0.3, 0.4) is 0 Å². The standard InChI is InChI=1S/C19H15FN2O2S3/c1-22-18(23)16-12(15-4-3-7-25-15)10-26-17(16)21-19(22)27-9-11-5-6-14(24-2)13(20)8-11/h3-8,10H,9H2,1-2H3. The van der Waals surface area contributed by atoms with Gasteiger partial charge in [0.25, 0.3) is 5.56 Å². The third kappa shape index (κ3) is 3.40. The first-order valence-electron chi connectivity index (χ1n) is 8.06. The summed E-state index contributed by atoms with van der Waals surface area (Å²) in [5.74, 6) is 0.331. The average molecular weight is 419 g/mol. The van der Waals surface area contributed by atoms with Crippen LogP contribution in [-0.2, 0) is 12.8 Å². The highest BCUT2D eigenvalue weighted by atomic mass is 32.2. The molecule has 0 spiro atoms. The molecule has 27 heavy (non-hydrogen) atoms. The van der Waals surface area contributed by atoms with E-state index in [1.54, 1.807) is 29.0 Å². The number of hydrogen-bond acceptors (Lipinski definition) is 6. The minimum Gasteiger partial charge on any atom is -0.494 e. The first-order valence-corrected chi connectivity index (χ1v) is 10.8. The molecule has 0 aliphatic heterocycles. The fraction of sp³-hybridized carbons (Fsp3) is 0.158. The number of fused-ring (bicyclic) bond motifs is 1. The van der Waals surface area contributed by atoms with Gasteiger partial charge in [0.05, 0.1) is 12.5 Å². The molecule has 0 aliphatic carbocycles. The molecule has 0 atom stereocenters. The molecule has 3 heterocycles. The first-order chi connectivity index (χ1) is 13.1. The highest BCUT2D eigenvalue weighted by Crippen LogP contribution is 2.34. The summed E-state index contributed by atoms with van der Waals surface area (Å²) in [5.41, 5.74) is 1.68. The number of ether oxygens (including phenoxy) is 1. The zero-order chi connectivity index (χ0) is 19.0. The van der Waals surface area contributed by atoms with E-state index in [9.17, 15) is 9.18 Å². The van der Waals surface area contributed by atoms with E-state index >= 15 is 0 Å². The van der Waals surface area contributed by atoms with Gasteiger partial charge in [-0.25, -0.2) is 9.37 Å². The SMILES string of the molecule is COc1ccc(CSc2nc3scc(-c4cccs4)c3c(=O)n2C)cc1F. The Hall–Kier alpha value is -2.16. The van der Waals surface area contributed by atoms with Crippen molar-refractivity contribution >= 4 is 44.7 Å². The maximum absolute atomic E-state index is 13.9. The zero-order valence-electron chi connectivity index (χ0n) is 14.6. The third-order valence-corrected chi connectivity index (χ3v) is 7.02. The second-order valence-electron chi connectivity index (χ2n) is 5.82. The second-order valence-corrected chi connectivity index (χ2v) is 8.57. The lowest BCUT2D eigenvalue weighted by Gasteiger charge is -2.08. The van der Waals surface area contributed by atoms with Crippen molar-refractivity contribution in [1.29, 1.82) is 0 Å². The monoisotopic (exact) mass is 418 g/mol. The Balaban J connectivity index is 1.66. The maximum atomic E-state index is 13.9. The molecule has 0 bridgehead atoms. The van der Waals surface area contributed by atoms with Crippen LogP contribution in [0.15, 0.2) is 51.0 Å². The predicted molar refractivity (Wildman–Crippen MR) is 111 cm³/mol. The van der Waals surface area contributed by atoms with E-state index in [0.29, 0.717) is 16.3 Å². The molecule has 4 aromatic rings. The normalized spacial score (nSPS) is 11.2. The number of thiophene rings is 2. The Morgan fingerprint density at radius 2 is 2.15 bits per heavy atom. The van der Waals surface area contributed by atoms with E-state index in [0.717, 1.165) is 20.8 Å². The lowest BCUT2D eigenvalue weighted by Crippen LogP contribution is -2.19. The summed E-state index contributed by atoms with van der Waals surface area (Å²) in [4.78, 5) is 19.4. The first kappa shape index (κ1) is 18.2. The summed E-state index contributed by atoms with van der Waals surface area (Å²) in [6.45, 7) is 0. The van der Waals surface area contributed by atoms with Crippen molar-refractivity contribution in [2.75, 3.05) is 7.11 Å². The summed E-state index contributed by atoms with van der Waals surface area (Å²) in [6, 6.07) is 8.84. The van der Waals surface area contributed by atoms with Gasteiger partial charge in [0.1, 0.15) is 4.83 Å². The second kappa shape index (κ2) is 7.46. The molecule has 0 unspecified atom stereocenters. The number of rotatable bonds is 5. The van der Waals surface area contributed by atoms with Gasteiger partial charge in [-0.1, -0.05) is 23.9 Å². The third-order valence-electron chi connectivity index (χ3n) is 4.15. The number of hydrogen-bond donors (Lipinski definition) is 0. The van der Waals surface area contributed by atoms with Gasteiger partial charge < -0.3 is 4.74 Å². The summed E-state index contributed by atoms with van der Waals surface area (Å²) >= 11 is 4.49. The highest BCUT2D eigenvalue weighted by Gasteiger charge is 2.16. The minimum absolute atomic E-state index is 0.0620. The van der Waals surface area contributed by atoms with E-state index in [-0.39, 0.29) is 11.3 Å². The number of nitrogens with zero attached hydrogens (tertiary/aromatic N) is 2. The van der Waals surface area contributed by atoms with Gasteiger partial charge in [0.2, 0.25) is 0 Å². The fourth-order valence-corrected chi connectivity index (χ4v) is 5.46. The van der Waals surface area contributed by atoms with Crippen molar-refractivity contribution in [3.05, 3.63) is 62.8 Å². The summed E-state index contributed by atoms with van der Waals surface area (Å²) in [6.07, 6.45) is 0. The zero-order valence-corrected chi connectivity index (χ0v) is 17.0. The number of benzene rings is 1. The molecule has 8 heteroatoms. The molecule has 1 aromatic carbocycles. The Kier molecular flexibility index (Phi) is 5.03. The quantitative estimate of drug-likeness (QED) is 0.332. The maximum Gasteiger partial charge on any atom is 0.263 e. The smallest absolute Gasteiger partial charge is 0.263 e. The largest absolute Gasteiger partial charge is 0.494 e. The van der Waals surface area contributed by atoms with Crippen LogP contribution >= 0.6 is 34.4 Å². The highest BCUT2D eigenvalue weighted by molar-refractivity contribution is 7.98. The van der Waals surface area contributed by atoms with Crippen LogP contribution in [0.5, 0.6) is 5.75 Å². The van der Waals surface area contributed by atoms with Crippen molar-refractivity contribution in [3.63, 3.8) is 0 Å². The van der Waals surface area contributed by atoms with Crippen LogP contribution < -0.4 is 10.3 Å². The summed E-state index contributed by atoms with van der Waals surface area (Å²) < 4.78 is 20.4. The number of aromatic nitrogens is 2. The van der Waals surface area contributed by atoms with E-state index in [1.165, 1.54) is 36.3 Å². The van der Waals surface area contributed by atoms with E-state index < -0.39 is 5.82 Å². The Morgan fingerprint density at radius 3 is 2.85 bits per heavy atom. The average Bonchev–Trinajstić information content (AvgIpc) is 3.33. The van der Waals surface area contributed by atoms with Gasteiger partial charge in [-0.2, -0.15) is 0 Å². The Morgan fingerprint density at radius 1 is 1.30 bits per heavy atom. The van der Waals surface area contributed by atoms with Crippen LogP contribution in [0.1, 0.15) is 5.56 Å². The van der Waals surface area contributed by atoms with E-state index in [1.807, 2.05) is 29.0 Å².